The summed E-state index contributed by atoms with van der Waals surface area (Å²) in [6.07, 6.45) is 0. The lowest BCUT2D eigenvalue weighted by molar-refractivity contribution is -0.384. The van der Waals surface area contributed by atoms with E-state index in [1.165, 1.54) is 42.5 Å². The van der Waals surface area contributed by atoms with E-state index >= 15 is 0 Å². The van der Waals surface area contributed by atoms with Crippen LogP contribution in [0.3, 0.4) is 0 Å². The van der Waals surface area contributed by atoms with Crippen LogP contribution in [0, 0.1) is 15.9 Å². The summed E-state index contributed by atoms with van der Waals surface area (Å²) in [5, 5.41) is 11.3. The van der Waals surface area contributed by atoms with Gasteiger partial charge in [-0.25, -0.2) is 12.8 Å². The minimum Gasteiger partial charge on any atom is -0.362 e. The van der Waals surface area contributed by atoms with Gasteiger partial charge in [0.15, 0.2) is 0 Å². The van der Waals surface area contributed by atoms with Crippen LogP contribution in [0.15, 0.2) is 77.7 Å². The lowest BCUT2D eigenvalue weighted by Gasteiger charge is -2.35. The van der Waals surface area contributed by atoms with Gasteiger partial charge in [-0.1, -0.05) is 18.2 Å². The highest BCUT2D eigenvalue weighted by Crippen LogP contribution is 2.28. The smallest absolute Gasteiger partial charge is 0.292 e. The topological polar surface area (TPSA) is 113 Å². The molecule has 1 heterocycles. The molecule has 1 aliphatic rings. The Bertz CT molecular complexity index is 1320. The number of hydrogen-bond donors (Lipinski definition) is 1. The monoisotopic (exact) mass is 484 g/mol. The fraction of sp³-hybridized carbons (Fsp3) is 0.174. The fourth-order valence-electron chi connectivity index (χ4n) is 3.75. The molecule has 0 spiro atoms. The van der Waals surface area contributed by atoms with Crippen molar-refractivity contribution in [1.29, 1.82) is 0 Å². The summed E-state index contributed by atoms with van der Waals surface area (Å²) >= 11 is 0. The minimum atomic E-state index is -3.99. The molecule has 1 saturated heterocycles. The fourth-order valence-corrected chi connectivity index (χ4v) is 4.85. The highest BCUT2D eigenvalue weighted by atomic mass is 32.2. The first-order valence-corrected chi connectivity index (χ1v) is 11.9. The number of amides is 1. The number of anilines is 2. The Kier molecular flexibility index (Phi) is 6.46. The molecule has 0 bridgehead atoms. The summed E-state index contributed by atoms with van der Waals surface area (Å²) in [6, 6.07) is 17.0. The van der Waals surface area contributed by atoms with E-state index in [0.717, 1.165) is 12.1 Å². The zero-order valence-corrected chi connectivity index (χ0v) is 18.7. The van der Waals surface area contributed by atoms with Gasteiger partial charge in [-0.3, -0.25) is 19.6 Å². The SMILES string of the molecule is O=C(c1cccc(S(=O)(=O)Nc2ccc(F)cc2)c1)N1CCN(c2ccccc2[N+](=O)[O-])CC1. The molecule has 11 heteroatoms. The second-order valence-corrected chi connectivity index (χ2v) is 9.35. The second-order valence-electron chi connectivity index (χ2n) is 7.67. The average Bonchev–Trinajstić information content (AvgIpc) is 2.85. The van der Waals surface area contributed by atoms with E-state index in [0.29, 0.717) is 31.9 Å². The summed E-state index contributed by atoms with van der Waals surface area (Å²) < 4.78 is 40.9. The van der Waals surface area contributed by atoms with Crippen molar-refractivity contribution in [2.45, 2.75) is 4.90 Å². The zero-order valence-electron chi connectivity index (χ0n) is 17.9. The van der Waals surface area contributed by atoms with Crippen molar-refractivity contribution in [2.24, 2.45) is 0 Å². The molecule has 1 amide bonds. The number of rotatable bonds is 6. The Morgan fingerprint density at radius 2 is 1.62 bits per heavy atom. The first-order valence-electron chi connectivity index (χ1n) is 10.4. The van der Waals surface area contributed by atoms with Crippen LogP contribution in [0.5, 0.6) is 0 Å². The highest BCUT2D eigenvalue weighted by Gasteiger charge is 2.26. The van der Waals surface area contributed by atoms with E-state index in [-0.39, 0.29) is 27.7 Å². The normalized spacial score (nSPS) is 14.0. The number of nitro benzene ring substituents is 1. The number of benzene rings is 3. The number of nitro groups is 1. The molecule has 1 N–H and O–H groups in total. The molecular weight excluding hydrogens is 463 g/mol. The number of nitrogens with one attached hydrogen (secondary N) is 1. The third-order valence-electron chi connectivity index (χ3n) is 5.47. The predicted molar refractivity (Wildman–Crippen MR) is 125 cm³/mol. The van der Waals surface area contributed by atoms with Gasteiger partial charge in [-0.05, 0) is 48.5 Å². The summed E-state index contributed by atoms with van der Waals surface area (Å²) in [5.41, 5.74) is 0.916. The van der Waals surface area contributed by atoms with Gasteiger partial charge in [0.2, 0.25) is 0 Å². The van der Waals surface area contributed by atoms with Crippen molar-refractivity contribution < 1.29 is 22.5 Å². The molecule has 0 radical (unpaired) electrons. The number of piperazine rings is 1. The molecular formula is C23H21FN4O5S. The standard InChI is InChI=1S/C23H21FN4O5S/c24-18-8-10-19(11-9-18)25-34(32,33)20-5-3-4-17(16-20)23(29)27-14-12-26(13-15-27)21-6-1-2-7-22(21)28(30)31/h1-11,16,25H,12-15H2. The number of carbonyl (C=O) groups excluding carboxylic acids is 1. The number of hydrogen-bond acceptors (Lipinski definition) is 6. The van der Waals surface area contributed by atoms with E-state index < -0.39 is 20.8 Å². The summed E-state index contributed by atoms with van der Waals surface area (Å²) in [7, 11) is -3.99. The Hall–Kier alpha value is -3.99. The van der Waals surface area contributed by atoms with Gasteiger partial charge >= 0.3 is 0 Å². The highest BCUT2D eigenvalue weighted by molar-refractivity contribution is 7.92. The van der Waals surface area contributed by atoms with Gasteiger partial charge < -0.3 is 9.80 Å². The van der Waals surface area contributed by atoms with Crippen molar-refractivity contribution >= 4 is 33.0 Å². The molecule has 3 aromatic rings. The van der Waals surface area contributed by atoms with E-state index in [9.17, 15) is 27.7 Å². The first-order chi connectivity index (χ1) is 16.2. The number of halogens is 1. The molecule has 176 valence electrons. The van der Waals surface area contributed by atoms with Gasteiger partial charge in [0, 0.05) is 43.5 Å². The lowest BCUT2D eigenvalue weighted by atomic mass is 10.1. The summed E-state index contributed by atoms with van der Waals surface area (Å²) in [6.45, 7) is 1.47. The average molecular weight is 485 g/mol. The van der Waals surface area contributed by atoms with Gasteiger partial charge in [0.05, 0.1) is 9.82 Å². The molecule has 0 aliphatic carbocycles. The maximum Gasteiger partial charge on any atom is 0.292 e. The molecule has 34 heavy (non-hydrogen) atoms. The molecule has 3 aromatic carbocycles. The molecule has 9 nitrogen and oxygen atoms in total. The Balaban J connectivity index is 1.46. The van der Waals surface area contributed by atoms with E-state index in [2.05, 4.69) is 4.72 Å². The largest absolute Gasteiger partial charge is 0.362 e. The van der Waals surface area contributed by atoms with Crippen molar-refractivity contribution in [3.05, 3.63) is 94.3 Å². The molecule has 1 fully saturated rings. The van der Waals surface area contributed by atoms with Crippen molar-refractivity contribution in [2.75, 3.05) is 35.8 Å². The number of sulfonamides is 1. The van der Waals surface area contributed by atoms with Crippen molar-refractivity contribution in [3.8, 4) is 0 Å². The van der Waals surface area contributed by atoms with Crippen molar-refractivity contribution in [1.82, 2.24) is 4.90 Å². The maximum atomic E-state index is 13.1. The molecule has 0 saturated carbocycles. The van der Waals surface area contributed by atoms with Crippen LogP contribution in [0.2, 0.25) is 0 Å². The van der Waals surface area contributed by atoms with Crippen LogP contribution >= 0.6 is 0 Å². The van der Waals surface area contributed by atoms with E-state index in [1.807, 2.05) is 4.90 Å². The molecule has 1 aliphatic heterocycles. The Labute approximate surface area is 195 Å². The van der Waals surface area contributed by atoms with Crippen LogP contribution in [0.1, 0.15) is 10.4 Å². The van der Waals surface area contributed by atoms with Crippen LogP contribution < -0.4 is 9.62 Å². The van der Waals surface area contributed by atoms with Crippen LogP contribution in [-0.4, -0.2) is 50.3 Å². The maximum absolute atomic E-state index is 13.1. The van der Waals surface area contributed by atoms with E-state index in [1.54, 1.807) is 23.1 Å². The number of nitrogens with zero attached hydrogens (tertiary/aromatic N) is 3. The van der Waals surface area contributed by atoms with Crippen LogP contribution in [0.4, 0.5) is 21.5 Å². The molecule has 0 unspecified atom stereocenters. The zero-order chi connectivity index (χ0) is 24.3. The van der Waals surface area contributed by atoms with Gasteiger partial charge in [0.1, 0.15) is 11.5 Å². The number of carbonyl (C=O) groups is 1. The Morgan fingerprint density at radius 3 is 2.29 bits per heavy atom. The van der Waals surface area contributed by atoms with Crippen LogP contribution in [-0.2, 0) is 10.0 Å². The van der Waals surface area contributed by atoms with Crippen molar-refractivity contribution in [3.63, 3.8) is 0 Å². The van der Waals surface area contributed by atoms with Gasteiger partial charge in [-0.2, -0.15) is 0 Å². The quantitative estimate of drug-likeness (QED) is 0.423. The third-order valence-corrected chi connectivity index (χ3v) is 6.85. The van der Waals surface area contributed by atoms with Gasteiger partial charge in [-0.15, -0.1) is 0 Å². The summed E-state index contributed by atoms with van der Waals surface area (Å²) in [5.74, 6) is -0.821. The lowest BCUT2D eigenvalue weighted by Crippen LogP contribution is -2.49. The minimum absolute atomic E-state index is 0.00818. The second kappa shape index (κ2) is 9.48. The van der Waals surface area contributed by atoms with Crippen LogP contribution in [0.25, 0.3) is 0 Å². The van der Waals surface area contributed by atoms with Gasteiger partial charge in [0.25, 0.3) is 21.6 Å². The molecule has 0 atom stereocenters. The summed E-state index contributed by atoms with van der Waals surface area (Å²) in [4.78, 5) is 27.3. The Morgan fingerprint density at radius 1 is 0.941 bits per heavy atom. The first kappa shape index (κ1) is 23.2. The molecule has 4 rings (SSSR count). The molecule has 0 aromatic heterocycles. The third kappa shape index (κ3) is 4.99. The predicted octanol–water partition coefficient (Wildman–Crippen LogP) is 3.50. The van der Waals surface area contributed by atoms with E-state index in [4.69, 9.17) is 0 Å². The number of para-hydroxylation sites is 2.